The summed E-state index contributed by atoms with van der Waals surface area (Å²) >= 11 is 0. The van der Waals surface area contributed by atoms with Crippen LogP contribution in [0, 0.1) is 11.8 Å². The lowest BCUT2D eigenvalue weighted by Gasteiger charge is -2.57. The Labute approximate surface area is 103 Å². The molecular weight excluding hydrogens is 216 g/mol. The summed E-state index contributed by atoms with van der Waals surface area (Å²) in [5, 5.41) is 0. The van der Waals surface area contributed by atoms with Crippen LogP contribution >= 0.6 is 0 Å². The number of carbonyl (C=O) groups is 1. The van der Waals surface area contributed by atoms with Gasteiger partial charge in [-0.05, 0) is 58.8 Å². The monoisotopic (exact) mass is 238 g/mol. The summed E-state index contributed by atoms with van der Waals surface area (Å²) in [5.41, 5.74) is -0.321. The third kappa shape index (κ3) is 1.88. The third-order valence-corrected chi connectivity index (χ3v) is 4.82. The molecule has 96 valence electrons. The quantitative estimate of drug-likeness (QED) is 0.694. The van der Waals surface area contributed by atoms with E-state index in [1.807, 2.05) is 0 Å². The molecule has 0 N–H and O–H groups in total. The maximum absolute atomic E-state index is 11.8. The van der Waals surface area contributed by atoms with Crippen LogP contribution in [0.1, 0.15) is 52.9 Å². The smallest absolute Gasteiger partial charge is 0.309 e. The van der Waals surface area contributed by atoms with Gasteiger partial charge in [0.2, 0.25) is 0 Å². The van der Waals surface area contributed by atoms with Crippen LogP contribution in [0.15, 0.2) is 0 Å². The highest BCUT2D eigenvalue weighted by atomic mass is 16.6. The highest BCUT2D eigenvalue weighted by Crippen LogP contribution is 2.51. The second-order valence-electron chi connectivity index (χ2n) is 6.69. The number of rotatable bonds is 2. The van der Waals surface area contributed by atoms with Crippen molar-refractivity contribution in [2.24, 2.45) is 11.8 Å². The standard InChI is InChI=1S/C14H22O3/c1-13(2)10-6-7-14(3,17-13)11(8-10)16-12(15)9-4-5-9/h9-11H,4-8H2,1-3H3. The molecule has 3 nitrogen and oxygen atoms in total. The van der Waals surface area contributed by atoms with Crippen LogP contribution in [0.4, 0.5) is 0 Å². The zero-order valence-corrected chi connectivity index (χ0v) is 11.0. The first kappa shape index (κ1) is 11.5. The number of ether oxygens (including phenoxy) is 2. The van der Waals surface area contributed by atoms with Gasteiger partial charge in [-0.25, -0.2) is 0 Å². The van der Waals surface area contributed by atoms with Gasteiger partial charge in [0.25, 0.3) is 0 Å². The topological polar surface area (TPSA) is 35.5 Å². The van der Waals surface area contributed by atoms with Crippen LogP contribution in [-0.2, 0) is 14.3 Å². The van der Waals surface area contributed by atoms with Crippen molar-refractivity contribution in [2.75, 3.05) is 0 Å². The van der Waals surface area contributed by atoms with Gasteiger partial charge in [0, 0.05) is 0 Å². The van der Waals surface area contributed by atoms with Gasteiger partial charge in [-0.2, -0.15) is 0 Å². The second-order valence-corrected chi connectivity index (χ2v) is 6.69. The average molecular weight is 238 g/mol. The lowest BCUT2D eigenvalue weighted by Crippen LogP contribution is -2.62. The van der Waals surface area contributed by atoms with Crippen molar-refractivity contribution in [3.05, 3.63) is 0 Å². The molecule has 4 fully saturated rings. The van der Waals surface area contributed by atoms with Crippen LogP contribution in [0.3, 0.4) is 0 Å². The van der Waals surface area contributed by atoms with Crippen LogP contribution in [0.2, 0.25) is 0 Å². The summed E-state index contributed by atoms with van der Waals surface area (Å²) in [4.78, 5) is 11.8. The van der Waals surface area contributed by atoms with E-state index in [1.54, 1.807) is 0 Å². The first-order chi connectivity index (χ1) is 7.91. The van der Waals surface area contributed by atoms with Crippen molar-refractivity contribution in [1.29, 1.82) is 0 Å². The fraction of sp³-hybridized carbons (Fsp3) is 0.929. The van der Waals surface area contributed by atoms with E-state index in [1.165, 1.54) is 6.42 Å². The normalized spacial score (nSPS) is 43.5. The molecule has 2 heterocycles. The van der Waals surface area contributed by atoms with E-state index in [4.69, 9.17) is 9.47 Å². The summed E-state index contributed by atoms with van der Waals surface area (Å²) in [6, 6.07) is 0. The molecule has 17 heavy (non-hydrogen) atoms. The van der Waals surface area contributed by atoms with E-state index in [0.717, 1.165) is 25.7 Å². The Hall–Kier alpha value is -0.570. The highest BCUT2D eigenvalue weighted by molar-refractivity contribution is 5.75. The minimum absolute atomic E-state index is 0.00480. The first-order valence-electron chi connectivity index (χ1n) is 6.81. The van der Waals surface area contributed by atoms with Gasteiger partial charge in [0.15, 0.2) is 0 Å². The maximum Gasteiger partial charge on any atom is 0.309 e. The molecule has 0 radical (unpaired) electrons. The van der Waals surface area contributed by atoms with Crippen molar-refractivity contribution in [3.63, 3.8) is 0 Å². The molecule has 0 aromatic rings. The lowest BCUT2D eigenvalue weighted by atomic mass is 9.67. The Bertz CT molecular complexity index is 345. The lowest BCUT2D eigenvalue weighted by molar-refractivity contribution is -0.278. The molecule has 0 amide bonds. The predicted molar refractivity (Wildman–Crippen MR) is 63.5 cm³/mol. The van der Waals surface area contributed by atoms with Crippen molar-refractivity contribution in [1.82, 2.24) is 0 Å². The average Bonchev–Trinajstić information content (AvgIpc) is 3.01. The molecule has 3 atom stereocenters. The van der Waals surface area contributed by atoms with Gasteiger partial charge in [0.05, 0.1) is 11.5 Å². The van der Waals surface area contributed by atoms with Gasteiger partial charge in [0.1, 0.15) is 11.7 Å². The van der Waals surface area contributed by atoms with E-state index in [9.17, 15) is 4.79 Å². The van der Waals surface area contributed by atoms with Gasteiger partial charge in [-0.15, -0.1) is 0 Å². The van der Waals surface area contributed by atoms with Crippen molar-refractivity contribution >= 4 is 5.97 Å². The molecule has 2 saturated heterocycles. The summed E-state index contributed by atoms with van der Waals surface area (Å²) < 4.78 is 11.9. The predicted octanol–water partition coefficient (Wildman–Crippen LogP) is 2.68. The Kier molecular flexibility index (Phi) is 2.35. The molecule has 2 bridgehead atoms. The fourth-order valence-electron chi connectivity index (χ4n) is 3.41. The third-order valence-electron chi connectivity index (χ3n) is 4.82. The van der Waals surface area contributed by atoms with E-state index in [2.05, 4.69) is 20.8 Å². The van der Waals surface area contributed by atoms with Gasteiger partial charge in [-0.1, -0.05) is 0 Å². The summed E-state index contributed by atoms with van der Waals surface area (Å²) in [6.45, 7) is 6.43. The maximum atomic E-state index is 11.8. The van der Waals surface area contributed by atoms with Crippen LogP contribution in [-0.4, -0.2) is 23.3 Å². The fourth-order valence-corrected chi connectivity index (χ4v) is 3.41. The number of fused-ring (bicyclic) bond motifs is 3. The van der Waals surface area contributed by atoms with Crippen LogP contribution < -0.4 is 0 Å². The zero-order valence-electron chi connectivity index (χ0n) is 11.0. The van der Waals surface area contributed by atoms with E-state index >= 15 is 0 Å². The molecule has 2 aliphatic carbocycles. The molecule has 3 heteroatoms. The SMILES string of the molecule is CC1(C)OC2(C)CCC1CC2OC(=O)C1CC1. The molecule has 0 aromatic heterocycles. The number of hydrogen-bond donors (Lipinski definition) is 0. The Balaban J connectivity index is 1.72. The van der Waals surface area contributed by atoms with Gasteiger partial charge >= 0.3 is 5.97 Å². The molecule has 0 spiro atoms. The minimum atomic E-state index is -0.261. The number of carbonyl (C=O) groups excluding carboxylic acids is 1. The Morgan fingerprint density at radius 1 is 1.24 bits per heavy atom. The summed E-state index contributed by atoms with van der Waals surface area (Å²) in [7, 11) is 0. The Morgan fingerprint density at radius 3 is 2.47 bits per heavy atom. The van der Waals surface area contributed by atoms with E-state index in [0.29, 0.717) is 5.92 Å². The van der Waals surface area contributed by atoms with Crippen molar-refractivity contribution in [3.8, 4) is 0 Å². The molecular formula is C14H22O3. The first-order valence-corrected chi connectivity index (χ1v) is 6.81. The zero-order chi connectivity index (χ0) is 12.3. The minimum Gasteiger partial charge on any atom is -0.459 e. The molecule has 4 aliphatic rings. The highest BCUT2D eigenvalue weighted by Gasteiger charge is 2.55. The largest absolute Gasteiger partial charge is 0.459 e. The van der Waals surface area contributed by atoms with Gasteiger partial charge < -0.3 is 9.47 Å². The van der Waals surface area contributed by atoms with Crippen LogP contribution in [0.5, 0.6) is 0 Å². The summed E-state index contributed by atoms with van der Waals surface area (Å²) in [5.74, 6) is 0.721. The molecule has 4 rings (SSSR count). The molecule has 0 aromatic carbocycles. The van der Waals surface area contributed by atoms with E-state index < -0.39 is 0 Å². The summed E-state index contributed by atoms with van der Waals surface area (Å²) in [6.07, 6.45) is 5.19. The Morgan fingerprint density at radius 2 is 1.94 bits per heavy atom. The molecule has 2 saturated carbocycles. The second kappa shape index (κ2) is 3.47. The van der Waals surface area contributed by atoms with Crippen molar-refractivity contribution in [2.45, 2.75) is 70.2 Å². The molecule has 3 unspecified atom stereocenters. The van der Waals surface area contributed by atoms with Crippen molar-refractivity contribution < 1.29 is 14.3 Å². The van der Waals surface area contributed by atoms with Crippen LogP contribution in [0.25, 0.3) is 0 Å². The molecule has 2 aliphatic heterocycles. The van der Waals surface area contributed by atoms with Gasteiger partial charge in [-0.3, -0.25) is 4.79 Å². The number of hydrogen-bond acceptors (Lipinski definition) is 3. The number of esters is 1. The van der Waals surface area contributed by atoms with E-state index in [-0.39, 0.29) is 29.2 Å².